The highest BCUT2D eigenvalue weighted by molar-refractivity contribution is 7.23. The molecule has 1 saturated heterocycles. The number of anilines is 3. The molecule has 0 radical (unpaired) electrons. The molecule has 4 aromatic rings. The molecule has 0 saturated carbocycles. The van der Waals surface area contributed by atoms with Crippen molar-refractivity contribution in [2.24, 2.45) is 5.73 Å². The van der Waals surface area contributed by atoms with Gasteiger partial charge in [0.25, 0.3) is 0 Å². The molecule has 5 rings (SSSR count). The quantitative estimate of drug-likeness (QED) is 0.368. The molecule has 1 aliphatic rings. The average Bonchev–Trinajstić information content (AvgIpc) is 3.19. The Kier molecular flexibility index (Phi) is 6.22. The van der Waals surface area contributed by atoms with Crippen molar-refractivity contribution >= 4 is 39.1 Å². The van der Waals surface area contributed by atoms with E-state index in [2.05, 4.69) is 38.2 Å². The van der Waals surface area contributed by atoms with E-state index in [1.54, 1.807) is 23.7 Å². The molecule has 11 heteroatoms. The van der Waals surface area contributed by atoms with Gasteiger partial charge in [0.1, 0.15) is 5.82 Å². The van der Waals surface area contributed by atoms with E-state index in [0.29, 0.717) is 25.6 Å². The highest BCUT2D eigenvalue weighted by atomic mass is 32.1. The van der Waals surface area contributed by atoms with Gasteiger partial charge in [0.15, 0.2) is 11.6 Å². The van der Waals surface area contributed by atoms with Gasteiger partial charge in [-0.1, -0.05) is 0 Å². The number of aryl methyl sites for hydroxylation is 1. The van der Waals surface area contributed by atoms with E-state index in [4.69, 9.17) is 26.2 Å². The number of rotatable bonds is 6. The first-order valence-corrected chi connectivity index (χ1v) is 12.3. The van der Waals surface area contributed by atoms with Gasteiger partial charge in [0, 0.05) is 54.2 Å². The summed E-state index contributed by atoms with van der Waals surface area (Å²) in [4.78, 5) is 26.1. The number of morpholine rings is 1. The number of nitrogens with two attached hydrogens (primary N) is 2. The van der Waals surface area contributed by atoms with Gasteiger partial charge in [0.2, 0.25) is 5.95 Å². The van der Waals surface area contributed by atoms with E-state index >= 15 is 0 Å². The van der Waals surface area contributed by atoms with Gasteiger partial charge in [-0.05, 0) is 38.5 Å². The third kappa shape index (κ3) is 5.02. The van der Waals surface area contributed by atoms with Gasteiger partial charge in [-0.15, -0.1) is 11.3 Å². The van der Waals surface area contributed by atoms with Crippen LogP contribution in [-0.2, 0) is 4.74 Å². The van der Waals surface area contributed by atoms with Gasteiger partial charge >= 0.3 is 0 Å². The Morgan fingerprint density at radius 3 is 2.43 bits per heavy atom. The fraction of sp³-hybridized carbons (Fsp3) is 0.375. The van der Waals surface area contributed by atoms with Crippen molar-refractivity contribution in [3.05, 3.63) is 36.3 Å². The van der Waals surface area contributed by atoms with Gasteiger partial charge in [0.05, 0.1) is 29.0 Å². The van der Waals surface area contributed by atoms with E-state index < -0.39 is 0 Å². The lowest BCUT2D eigenvalue weighted by atomic mass is 10.1. The van der Waals surface area contributed by atoms with Crippen LogP contribution in [0, 0.1) is 6.92 Å². The maximum Gasteiger partial charge on any atom is 0.219 e. The molecule has 0 aliphatic carbocycles. The summed E-state index contributed by atoms with van der Waals surface area (Å²) in [5, 5.41) is 3.29. The molecule has 10 nitrogen and oxygen atoms in total. The number of nitrogen functional groups attached to an aromatic ring is 1. The largest absolute Gasteiger partial charge is 0.378 e. The average molecular weight is 492 g/mol. The standard InChI is InChI=1S/C24H29N9OS/c1-14-18-20(35-19(14)15-4-5-17(27-10-15)30-13-24(2,3)26)22(33-6-8-34-9-7-33)32-21(31-18)16-11-28-23(25)29-12-16/h4-5,10-12H,6-9,13,26H2,1-3H3,(H,27,30)(H2,25,28,29). The van der Waals surface area contributed by atoms with E-state index in [0.717, 1.165) is 56.5 Å². The Balaban J connectivity index is 1.57. The summed E-state index contributed by atoms with van der Waals surface area (Å²) >= 11 is 1.69. The molecule has 182 valence electrons. The second-order valence-corrected chi connectivity index (χ2v) is 10.3. The van der Waals surface area contributed by atoms with Crippen LogP contribution in [0.5, 0.6) is 0 Å². The molecular weight excluding hydrogens is 462 g/mol. The molecule has 5 N–H and O–H groups in total. The molecule has 0 unspecified atom stereocenters. The van der Waals surface area contributed by atoms with Crippen LogP contribution in [0.15, 0.2) is 30.7 Å². The third-order valence-electron chi connectivity index (χ3n) is 5.74. The van der Waals surface area contributed by atoms with E-state index in [1.165, 1.54) is 0 Å². The molecule has 0 aromatic carbocycles. The number of fused-ring (bicyclic) bond motifs is 1. The number of thiophene rings is 1. The summed E-state index contributed by atoms with van der Waals surface area (Å²) in [6.45, 7) is 9.57. The van der Waals surface area contributed by atoms with Gasteiger partial charge < -0.3 is 26.4 Å². The molecule has 0 spiro atoms. The van der Waals surface area contributed by atoms with Crippen LogP contribution in [0.4, 0.5) is 17.6 Å². The van der Waals surface area contributed by atoms with Gasteiger partial charge in [-0.3, -0.25) is 0 Å². The first kappa shape index (κ1) is 23.3. The molecule has 0 atom stereocenters. The Morgan fingerprint density at radius 1 is 1.06 bits per heavy atom. The van der Waals surface area contributed by atoms with Crippen LogP contribution in [0.3, 0.4) is 0 Å². The Labute approximate surface area is 207 Å². The highest BCUT2D eigenvalue weighted by Gasteiger charge is 2.23. The van der Waals surface area contributed by atoms with Gasteiger partial charge in [-0.25, -0.2) is 24.9 Å². The van der Waals surface area contributed by atoms with E-state index in [9.17, 15) is 0 Å². The number of nitrogens with one attached hydrogen (secondary N) is 1. The molecular formula is C24H29N9OS. The maximum atomic E-state index is 6.08. The Hall–Kier alpha value is -3.41. The first-order chi connectivity index (χ1) is 16.8. The van der Waals surface area contributed by atoms with Crippen LogP contribution in [0.2, 0.25) is 0 Å². The van der Waals surface area contributed by atoms with Crippen LogP contribution in [-0.4, -0.2) is 63.3 Å². The number of aromatic nitrogens is 5. The molecule has 1 fully saturated rings. The van der Waals surface area contributed by atoms with Crippen LogP contribution >= 0.6 is 11.3 Å². The lowest BCUT2D eigenvalue weighted by Crippen LogP contribution is -2.39. The number of hydrogen-bond donors (Lipinski definition) is 3. The van der Waals surface area contributed by atoms with Crippen molar-refractivity contribution in [1.82, 2.24) is 24.9 Å². The number of ether oxygens (including phenoxy) is 1. The van der Waals surface area contributed by atoms with Crippen LogP contribution < -0.4 is 21.7 Å². The third-order valence-corrected chi connectivity index (χ3v) is 7.07. The Bertz CT molecular complexity index is 1320. The predicted octanol–water partition coefficient (Wildman–Crippen LogP) is 3.09. The molecule has 0 amide bonds. The normalized spacial score (nSPS) is 14.5. The number of pyridine rings is 1. The SMILES string of the molecule is Cc1c(-c2ccc(NCC(C)(C)N)nc2)sc2c(N3CCOCC3)nc(-c3cnc(N)nc3)nc12. The summed E-state index contributed by atoms with van der Waals surface area (Å²) in [5.41, 5.74) is 15.2. The van der Waals surface area contributed by atoms with Crippen LogP contribution in [0.25, 0.3) is 32.0 Å². The molecule has 35 heavy (non-hydrogen) atoms. The van der Waals surface area contributed by atoms with Crippen molar-refractivity contribution in [3.63, 3.8) is 0 Å². The summed E-state index contributed by atoms with van der Waals surface area (Å²) in [6, 6.07) is 4.06. The van der Waals surface area contributed by atoms with E-state index in [1.807, 2.05) is 26.1 Å². The minimum Gasteiger partial charge on any atom is -0.378 e. The van der Waals surface area contributed by atoms with Crippen LogP contribution in [0.1, 0.15) is 19.4 Å². The molecule has 4 aromatic heterocycles. The minimum absolute atomic E-state index is 0.220. The van der Waals surface area contributed by atoms with Crippen molar-refractivity contribution in [1.29, 1.82) is 0 Å². The summed E-state index contributed by atoms with van der Waals surface area (Å²) in [5.74, 6) is 2.50. The van der Waals surface area contributed by atoms with Crippen molar-refractivity contribution < 1.29 is 4.74 Å². The van der Waals surface area contributed by atoms with Gasteiger partial charge in [-0.2, -0.15) is 0 Å². The fourth-order valence-corrected chi connectivity index (χ4v) is 5.13. The Morgan fingerprint density at radius 2 is 1.77 bits per heavy atom. The predicted molar refractivity (Wildman–Crippen MR) is 141 cm³/mol. The zero-order valence-electron chi connectivity index (χ0n) is 20.1. The maximum absolute atomic E-state index is 6.08. The second-order valence-electron chi connectivity index (χ2n) is 9.31. The minimum atomic E-state index is -0.315. The van der Waals surface area contributed by atoms with Crippen molar-refractivity contribution in [3.8, 4) is 21.8 Å². The lowest BCUT2D eigenvalue weighted by molar-refractivity contribution is 0.122. The zero-order valence-corrected chi connectivity index (χ0v) is 20.9. The molecule has 1 aliphatic heterocycles. The number of nitrogens with zero attached hydrogens (tertiary/aromatic N) is 6. The van der Waals surface area contributed by atoms with E-state index in [-0.39, 0.29) is 11.5 Å². The fourth-order valence-electron chi connectivity index (χ4n) is 3.87. The molecule has 5 heterocycles. The first-order valence-electron chi connectivity index (χ1n) is 11.5. The second kappa shape index (κ2) is 9.33. The smallest absolute Gasteiger partial charge is 0.219 e. The lowest BCUT2D eigenvalue weighted by Gasteiger charge is -2.28. The zero-order chi connectivity index (χ0) is 24.6. The topological polar surface area (TPSA) is 141 Å². The molecule has 0 bridgehead atoms. The van der Waals surface area contributed by atoms with Crippen molar-refractivity contribution in [2.75, 3.05) is 48.8 Å². The summed E-state index contributed by atoms with van der Waals surface area (Å²) in [7, 11) is 0. The monoisotopic (exact) mass is 491 g/mol. The summed E-state index contributed by atoms with van der Waals surface area (Å²) in [6.07, 6.45) is 5.21. The summed E-state index contributed by atoms with van der Waals surface area (Å²) < 4.78 is 6.62. The highest BCUT2D eigenvalue weighted by Crippen LogP contribution is 2.42. The van der Waals surface area contributed by atoms with Crippen molar-refractivity contribution in [2.45, 2.75) is 26.3 Å². The number of hydrogen-bond acceptors (Lipinski definition) is 11.